The number of aromatic carboxylic acids is 1. The summed E-state index contributed by atoms with van der Waals surface area (Å²) in [6.45, 7) is 6.39. The molecule has 1 aromatic carbocycles. The van der Waals surface area contributed by atoms with Crippen LogP contribution in [0.25, 0.3) is 11.0 Å². The minimum absolute atomic E-state index is 0. The van der Waals surface area contributed by atoms with Crippen molar-refractivity contribution in [1.29, 1.82) is 0 Å². The van der Waals surface area contributed by atoms with Crippen molar-refractivity contribution in [2.24, 2.45) is 7.05 Å². The quantitative estimate of drug-likeness (QED) is 0.677. The van der Waals surface area contributed by atoms with Crippen molar-refractivity contribution in [3.05, 3.63) is 29.1 Å². The van der Waals surface area contributed by atoms with E-state index in [1.165, 1.54) is 18.4 Å². The Morgan fingerprint density at radius 1 is 1.33 bits per heavy atom. The minimum Gasteiger partial charge on any atom is -0.542 e. The van der Waals surface area contributed by atoms with Crippen molar-refractivity contribution in [3.8, 4) is 0 Å². The molecule has 0 atom stereocenters. The number of nitrogens with zero attached hydrogens (tertiary/aromatic N) is 2. The average Bonchev–Trinajstić information content (AvgIpc) is 3.12. The zero-order chi connectivity index (χ0) is 14.7. The van der Waals surface area contributed by atoms with E-state index in [0.29, 0.717) is 5.92 Å². The number of aromatic nitrogens is 2. The number of carboxylic acid groups (broad SMARTS) is 1. The molecule has 0 radical (unpaired) electrons. The van der Waals surface area contributed by atoms with Gasteiger partial charge in [0.25, 0.3) is 0 Å². The molecule has 1 aliphatic carbocycles. The zero-order valence-electron chi connectivity index (χ0n) is 13.4. The van der Waals surface area contributed by atoms with Gasteiger partial charge in [-0.25, -0.2) is 4.98 Å². The van der Waals surface area contributed by atoms with Crippen LogP contribution < -0.4 is 56.5 Å². The average molecular weight is 310 g/mol. The Balaban J connectivity index is 0.00000161. The number of benzene rings is 1. The third kappa shape index (κ3) is 3.12. The number of hydrogen-bond donors (Lipinski definition) is 0. The molecule has 2 aromatic rings. The van der Waals surface area contributed by atoms with Crippen molar-refractivity contribution in [1.82, 2.24) is 9.55 Å². The summed E-state index contributed by atoms with van der Waals surface area (Å²) in [4.78, 5) is 15.5. The van der Waals surface area contributed by atoms with Crippen LogP contribution in [0.1, 0.15) is 61.3 Å². The molecule has 21 heavy (non-hydrogen) atoms. The van der Waals surface area contributed by atoms with E-state index in [1.54, 1.807) is 11.6 Å². The Kier molecular flexibility index (Phi) is 4.72. The molecular weight excluding hydrogens is 291 g/mol. The Bertz CT molecular complexity index is 709. The summed E-state index contributed by atoms with van der Waals surface area (Å²) in [7, 11) is 1.74. The number of carboxylic acids is 1. The first kappa shape index (κ1) is 17.2. The SMILES string of the molecule is Cn1c(C(=O)[O-])nc2c(C(C)(C)C)cc(C3CC3)cc21.[K+]. The monoisotopic (exact) mass is 310 g/mol. The van der Waals surface area contributed by atoms with Crippen LogP contribution in [0, 0.1) is 0 Å². The van der Waals surface area contributed by atoms with Crippen LogP contribution in [-0.4, -0.2) is 15.5 Å². The molecule has 0 bridgehead atoms. The van der Waals surface area contributed by atoms with E-state index in [0.717, 1.165) is 16.6 Å². The number of fused-ring (bicyclic) bond motifs is 1. The first-order valence-corrected chi connectivity index (χ1v) is 7.01. The van der Waals surface area contributed by atoms with Crippen LogP contribution in [0.15, 0.2) is 12.1 Å². The summed E-state index contributed by atoms with van der Waals surface area (Å²) in [6, 6.07) is 4.29. The molecule has 1 aromatic heterocycles. The van der Waals surface area contributed by atoms with Crippen molar-refractivity contribution in [3.63, 3.8) is 0 Å². The molecule has 0 aliphatic heterocycles. The van der Waals surface area contributed by atoms with E-state index in [1.807, 2.05) is 0 Å². The maximum Gasteiger partial charge on any atom is 1.00 e. The topological polar surface area (TPSA) is 58.0 Å². The second kappa shape index (κ2) is 5.78. The summed E-state index contributed by atoms with van der Waals surface area (Å²) in [5, 5.41) is 11.2. The summed E-state index contributed by atoms with van der Waals surface area (Å²) < 4.78 is 1.63. The molecule has 0 amide bonds. The molecule has 1 aliphatic rings. The van der Waals surface area contributed by atoms with E-state index in [-0.39, 0.29) is 62.6 Å². The van der Waals surface area contributed by atoms with Gasteiger partial charge in [-0.05, 0) is 41.4 Å². The molecule has 0 saturated heterocycles. The molecule has 0 spiro atoms. The Hall–Kier alpha value is -0.204. The van der Waals surface area contributed by atoms with E-state index in [4.69, 9.17) is 0 Å². The first-order valence-electron chi connectivity index (χ1n) is 7.01. The van der Waals surface area contributed by atoms with E-state index >= 15 is 0 Å². The maximum absolute atomic E-state index is 11.2. The van der Waals surface area contributed by atoms with Gasteiger partial charge in [-0.15, -0.1) is 0 Å². The van der Waals surface area contributed by atoms with E-state index < -0.39 is 5.97 Å². The number of carbonyl (C=O) groups is 1. The van der Waals surface area contributed by atoms with Crippen LogP contribution >= 0.6 is 0 Å². The van der Waals surface area contributed by atoms with Gasteiger partial charge in [-0.1, -0.05) is 26.8 Å². The normalized spacial score (nSPS) is 15.0. The van der Waals surface area contributed by atoms with Crippen molar-refractivity contribution in [2.75, 3.05) is 0 Å². The van der Waals surface area contributed by atoms with Crippen LogP contribution in [0.5, 0.6) is 0 Å². The molecule has 1 heterocycles. The molecular formula is C16H19KN2O2. The summed E-state index contributed by atoms with van der Waals surface area (Å²) in [5.41, 5.74) is 4.01. The molecule has 1 saturated carbocycles. The molecule has 3 rings (SSSR count). The van der Waals surface area contributed by atoms with Gasteiger partial charge in [0.2, 0.25) is 0 Å². The Labute approximate surface area is 167 Å². The number of imidazole rings is 1. The molecule has 106 valence electrons. The molecule has 4 nitrogen and oxygen atoms in total. The van der Waals surface area contributed by atoms with Gasteiger partial charge in [0.05, 0.1) is 11.0 Å². The summed E-state index contributed by atoms with van der Waals surface area (Å²) in [6.07, 6.45) is 2.45. The Morgan fingerprint density at radius 3 is 2.43 bits per heavy atom. The predicted molar refractivity (Wildman–Crippen MR) is 75.7 cm³/mol. The standard InChI is InChI=1S/C16H20N2O2.K/c1-16(2,3)11-7-10(9-5-6-9)8-12-13(11)17-14(15(19)20)18(12)4;/h7-9H,5-6H2,1-4H3,(H,19,20);/q;+1/p-1. The van der Waals surface area contributed by atoms with Gasteiger partial charge in [0.15, 0.2) is 5.82 Å². The second-order valence-corrected chi connectivity index (χ2v) is 6.74. The smallest absolute Gasteiger partial charge is 0.542 e. The number of rotatable bonds is 2. The van der Waals surface area contributed by atoms with Gasteiger partial charge in [0, 0.05) is 7.05 Å². The fourth-order valence-electron chi connectivity index (χ4n) is 2.72. The van der Waals surface area contributed by atoms with E-state index in [2.05, 4.69) is 37.9 Å². The van der Waals surface area contributed by atoms with Crippen molar-refractivity contribution in [2.45, 2.75) is 44.9 Å². The van der Waals surface area contributed by atoms with Gasteiger partial charge < -0.3 is 14.5 Å². The third-order valence-corrected chi connectivity index (χ3v) is 4.05. The third-order valence-electron chi connectivity index (χ3n) is 4.05. The number of carbonyl (C=O) groups excluding carboxylic acids is 1. The van der Waals surface area contributed by atoms with Gasteiger partial charge in [-0.3, -0.25) is 0 Å². The minimum atomic E-state index is -1.23. The molecule has 5 heteroatoms. The van der Waals surface area contributed by atoms with Crippen LogP contribution in [0.2, 0.25) is 0 Å². The van der Waals surface area contributed by atoms with Gasteiger partial charge in [-0.2, -0.15) is 0 Å². The van der Waals surface area contributed by atoms with E-state index in [9.17, 15) is 9.90 Å². The van der Waals surface area contributed by atoms with Crippen LogP contribution in [0.4, 0.5) is 0 Å². The second-order valence-electron chi connectivity index (χ2n) is 6.74. The molecule has 1 fully saturated rings. The molecule has 0 unspecified atom stereocenters. The van der Waals surface area contributed by atoms with Crippen LogP contribution in [0.3, 0.4) is 0 Å². The number of hydrogen-bond acceptors (Lipinski definition) is 3. The van der Waals surface area contributed by atoms with Crippen LogP contribution in [-0.2, 0) is 12.5 Å². The fraction of sp³-hybridized carbons (Fsp3) is 0.500. The zero-order valence-corrected chi connectivity index (χ0v) is 16.5. The first-order chi connectivity index (χ1) is 9.29. The predicted octanol–water partition coefficient (Wildman–Crippen LogP) is -0.884. The fourth-order valence-corrected chi connectivity index (χ4v) is 2.72. The van der Waals surface area contributed by atoms with Gasteiger partial charge in [0.1, 0.15) is 5.97 Å². The summed E-state index contributed by atoms with van der Waals surface area (Å²) >= 11 is 0. The maximum atomic E-state index is 11.2. The van der Waals surface area contributed by atoms with Crippen molar-refractivity contribution < 1.29 is 61.3 Å². The van der Waals surface area contributed by atoms with Gasteiger partial charge >= 0.3 is 51.4 Å². The van der Waals surface area contributed by atoms with Crippen molar-refractivity contribution >= 4 is 17.0 Å². The summed E-state index contributed by atoms with van der Waals surface area (Å²) in [5.74, 6) is -0.600. The molecule has 0 N–H and O–H groups in total. The largest absolute Gasteiger partial charge is 1.00 e. The number of aryl methyl sites for hydroxylation is 1. The Morgan fingerprint density at radius 2 is 1.95 bits per heavy atom.